The Bertz CT molecular complexity index is 2110. The Morgan fingerprint density at radius 1 is 0.877 bits per heavy atom. The summed E-state index contributed by atoms with van der Waals surface area (Å²) in [5.41, 5.74) is 1.15. The normalized spacial score (nSPS) is 18.7. The van der Waals surface area contributed by atoms with Gasteiger partial charge in [0.1, 0.15) is 18.8 Å². The fourth-order valence-corrected chi connectivity index (χ4v) is 9.94. The first kappa shape index (κ1) is 49.7. The molecule has 3 aliphatic rings. The third-order valence-electron chi connectivity index (χ3n) is 11.5. The Morgan fingerprint density at radius 2 is 1.51 bits per heavy atom. The molecule has 2 saturated heterocycles. The van der Waals surface area contributed by atoms with Crippen molar-refractivity contribution < 1.29 is 55.7 Å². The van der Waals surface area contributed by atoms with Crippen LogP contribution in [0.15, 0.2) is 66.0 Å². The van der Waals surface area contributed by atoms with Crippen LogP contribution in [0.3, 0.4) is 0 Å². The highest BCUT2D eigenvalue weighted by Gasteiger charge is 2.51. The summed E-state index contributed by atoms with van der Waals surface area (Å²) in [6.45, 7) is 2.55. The molecule has 2 aromatic carbocycles. The Hall–Kier alpha value is -4.68. The monoisotopic (exact) mass is 948 g/mol. The van der Waals surface area contributed by atoms with E-state index >= 15 is 8.78 Å². The first-order valence-electron chi connectivity index (χ1n) is 21.9. The highest BCUT2D eigenvalue weighted by molar-refractivity contribution is 7.87. The average Bonchev–Trinajstić information content (AvgIpc) is 3.78. The zero-order valence-electron chi connectivity index (χ0n) is 36.0. The number of rotatable bonds is 21. The van der Waals surface area contributed by atoms with E-state index in [2.05, 4.69) is 31.0 Å². The molecule has 6 rings (SSSR count). The van der Waals surface area contributed by atoms with Crippen LogP contribution < -0.4 is 26.0 Å². The Kier molecular flexibility index (Phi) is 18.5. The van der Waals surface area contributed by atoms with Gasteiger partial charge in [0.05, 0.1) is 38.2 Å². The van der Waals surface area contributed by atoms with Crippen LogP contribution >= 0.6 is 11.3 Å². The summed E-state index contributed by atoms with van der Waals surface area (Å²) < 4.78 is 78.9. The van der Waals surface area contributed by atoms with Crippen LogP contribution in [0.1, 0.15) is 61.4 Å². The van der Waals surface area contributed by atoms with Crippen molar-refractivity contribution in [3.8, 4) is 0 Å². The summed E-state index contributed by atoms with van der Waals surface area (Å²) in [7, 11) is -4.28. The van der Waals surface area contributed by atoms with Crippen LogP contribution in [0.5, 0.6) is 0 Å². The Balaban J connectivity index is 1.25. The average molecular weight is 949 g/mol. The van der Waals surface area contributed by atoms with Crippen LogP contribution in [0.4, 0.5) is 18.7 Å². The molecule has 0 spiro atoms. The molecule has 0 bridgehead atoms. The van der Waals surface area contributed by atoms with Gasteiger partial charge in [0.25, 0.3) is 16.1 Å². The molecular formula is C43H58F2N8O10S2. The van der Waals surface area contributed by atoms with E-state index in [0.29, 0.717) is 44.7 Å². The lowest BCUT2D eigenvalue weighted by atomic mass is 9.82. The summed E-state index contributed by atoms with van der Waals surface area (Å²) in [4.78, 5) is 61.1. The van der Waals surface area contributed by atoms with E-state index in [1.54, 1.807) is 54.6 Å². The number of hydrogen-bond acceptors (Lipinski definition) is 13. The number of alkyl halides is 2. The molecule has 1 saturated carbocycles. The minimum Gasteiger partial charge on any atom is -0.444 e. The number of nitrogens with one attached hydrogen (secondary N) is 5. The summed E-state index contributed by atoms with van der Waals surface area (Å²) in [5, 5.41) is 22.5. The predicted octanol–water partition coefficient (Wildman–Crippen LogP) is 2.73. The molecular weight excluding hydrogens is 891 g/mol. The quantitative estimate of drug-likeness (QED) is 0.0907. The topological polar surface area (TPSA) is 230 Å². The number of hydrogen-bond donors (Lipinski definition) is 6. The van der Waals surface area contributed by atoms with Gasteiger partial charge in [-0.3, -0.25) is 24.6 Å². The summed E-state index contributed by atoms with van der Waals surface area (Å²) in [6.07, 6.45) is 0.00654. The van der Waals surface area contributed by atoms with Crippen molar-refractivity contribution in [3.05, 3.63) is 82.9 Å². The van der Waals surface area contributed by atoms with Crippen LogP contribution in [-0.4, -0.2) is 141 Å². The number of aliphatic hydroxyl groups excluding tert-OH is 1. The number of anilines is 1. The lowest BCUT2D eigenvalue weighted by Gasteiger charge is -2.34. The number of morpholine rings is 2. The van der Waals surface area contributed by atoms with Crippen molar-refractivity contribution in [1.82, 2.24) is 34.9 Å². The Labute approximate surface area is 381 Å². The van der Waals surface area contributed by atoms with Crippen molar-refractivity contribution in [2.75, 3.05) is 71.0 Å². The van der Waals surface area contributed by atoms with Gasteiger partial charge in [0.2, 0.25) is 11.8 Å². The fraction of sp³-hybridized carbons (Fsp3) is 0.558. The number of ether oxygens (including phenoxy) is 3. The second-order valence-electron chi connectivity index (χ2n) is 16.2. The molecule has 356 valence electrons. The molecule has 1 aliphatic carbocycles. The highest BCUT2D eigenvalue weighted by atomic mass is 32.2. The number of aliphatic hydroxyl groups is 1. The summed E-state index contributed by atoms with van der Waals surface area (Å²) in [6, 6.07) is 12.5. The molecule has 2 aliphatic heterocycles. The van der Waals surface area contributed by atoms with E-state index in [-0.39, 0.29) is 75.6 Å². The van der Waals surface area contributed by atoms with E-state index in [4.69, 9.17) is 14.2 Å². The molecule has 4 amide bonds. The molecule has 1 aromatic heterocycles. The lowest BCUT2D eigenvalue weighted by Crippen LogP contribution is -2.60. The maximum absolute atomic E-state index is 16.0. The van der Waals surface area contributed by atoms with Crippen molar-refractivity contribution in [1.29, 1.82) is 0 Å². The van der Waals surface area contributed by atoms with Crippen molar-refractivity contribution in [2.24, 2.45) is 5.92 Å². The van der Waals surface area contributed by atoms with E-state index in [0.717, 1.165) is 40.5 Å². The number of amides is 4. The van der Waals surface area contributed by atoms with E-state index in [9.17, 15) is 32.7 Å². The third kappa shape index (κ3) is 14.9. The van der Waals surface area contributed by atoms with E-state index in [1.807, 2.05) is 11.0 Å². The van der Waals surface area contributed by atoms with Crippen LogP contribution in [-0.2, 0) is 51.8 Å². The van der Waals surface area contributed by atoms with Gasteiger partial charge >= 0.3 is 12.0 Å². The minimum absolute atomic E-state index is 0.0314. The largest absolute Gasteiger partial charge is 0.444 e. The maximum atomic E-state index is 16.0. The maximum Gasteiger partial charge on any atom is 0.413 e. The molecule has 3 aromatic rings. The van der Waals surface area contributed by atoms with Crippen LogP contribution in [0, 0.1) is 5.92 Å². The zero-order valence-corrected chi connectivity index (χ0v) is 37.6. The zero-order chi connectivity index (χ0) is 46.2. The van der Waals surface area contributed by atoms with Gasteiger partial charge in [0.15, 0.2) is 11.2 Å². The molecule has 22 heteroatoms. The standard InChI is InChI=1S/C43H58F2N8O10S2/c44-43(45,40(57)46-16-17-52-18-22-61-23-19-52)37(54)33(26-30-10-4-1-5-11-30)47-39(56)36(35-29-64-41(48-35)50-42(58)63-28-32-14-8-3-9-15-32)49-38(55)34(27-31-12-6-2-7-13-31)51-65(59,60)53-20-24-62-25-21-53/h2-3,6-9,12-15,29-30,33-34,36-37,51,54H,1,4-5,10-11,16-28H2,(H,46,57)(H,47,56)(H,49,55)(H,48,50,58)/t33-,34-,36-,37?/m0/s1. The van der Waals surface area contributed by atoms with Gasteiger partial charge < -0.3 is 35.3 Å². The summed E-state index contributed by atoms with van der Waals surface area (Å²) in [5.74, 6) is -8.30. The van der Waals surface area contributed by atoms with Crippen LogP contribution in [0.2, 0.25) is 0 Å². The number of nitrogens with zero attached hydrogens (tertiary/aromatic N) is 3. The number of carbonyl (C=O) groups excluding carboxylic acids is 4. The number of thiazole rings is 1. The lowest BCUT2D eigenvalue weighted by molar-refractivity contribution is -0.168. The first-order chi connectivity index (χ1) is 31.3. The highest BCUT2D eigenvalue weighted by Crippen LogP contribution is 2.32. The third-order valence-corrected chi connectivity index (χ3v) is 13.9. The van der Waals surface area contributed by atoms with Gasteiger partial charge in [-0.25, -0.2) is 9.78 Å². The first-order valence-corrected chi connectivity index (χ1v) is 24.2. The van der Waals surface area contributed by atoms with E-state index in [1.165, 1.54) is 5.38 Å². The molecule has 4 atom stereocenters. The fourth-order valence-electron chi connectivity index (χ4n) is 7.89. The SMILES string of the molecule is O=C(Nc1nc([C@H](NC(=O)[C@H](Cc2ccccc2)NS(=O)(=O)N2CCOCC2)C(=O)N[C@@H](CC2CCCCC2)C(O)C(F)(F)C(=O)NCCN2CCOCC2)cs1)OCc1ccccc1. The van der Waals surface area contributed by atoms with Crippen molar-refractivity contribution >= 4 is 50.5 Å². The molecule has 3 heterocycles. The molecule has 3 fully saturated rings. The van der Waals surface area contributed by atoms with Gasteiger partial charge in [-0.15, -0.1) is 11.3 Å². The number of benzene rings is 2. The smallest absolute Gasteiger partial charge is 0.413 e. The van der Waals surface area contributed by atoms with Crippen molar-refractivity contribution in [2.45, 2.75) is 81.7 Å². The predicted molar refractivity (Wildman–Crippen MR) is 236 cm³/mol. The van der Waals surface area contributed by atoms with Gasteiger partial charge in [-0.05, 0) is 29.9 Å². The molecule has 18 nitrogen and oxygen atoms in total. The number of halogens is 2. The van der Waals surface area contributed by atoms with Gasteiger partial charge in [-0.1, -0.05) is 92.8 Å². The minimum atomic E-state index is -4.35. The molecule has 65 heavy (non-hydrogen) atoms. The van der Waals surface area contributed by atoms with Crippen LogP contribution in [0.25, 0.3) is 0 Å². The summed E-state index contributed by atoms with van der Waals surface area (Å²) >= 11 is 0.875. The van der Waals surface area contributed by atoms with Gasteiger partial charge in [0, 0.05) is 44.6 Å². The number of carbonyl (C=O) groups is 4. The molecule has 0 radical (unpaired) electrons. The molecule has 6 N–H and O–H groups in total. The second-order valence-corrected chi connectivity index (χ2v) is 18.8. The number of aromatic nitrogens is 1. The van der Waals surface area contributed by atoms with Gasteiger partial charge in [-0.2, -0.15) is 26.2 Å². The Morgan fingerprint density at radius 3 is 2.17 bits per heavy atom. The second kappa shape index (κ2) is 24.2. The molecule has 1 unspecified atom stereocenters. The van der Waals surface area contributed by atoms with E-state index < -0.39 is 64.2 Å². The van der Waals surface area contributed by atoms with Crippen molar-refractivity contribution in [3.63, 3.8) is 0 Å².